The van der Waals surface area contributed by atoms with Gasteiger partial charge in [0.25, 0.3) is 0 Å². The van der Waals surface area contributed by atoms with E-state index in [0.717, 1.165) is 22.8 Å². The Kier molecular flexibility index (Phi) is 4.76. The molecular weight excluding hydrogens is 336 g/mol. The molecule has 7 nitrogen and oxygen atoms in total. The van der Waals surface area contributed by atoms with Crippen LogP contribution in [0.15, 0.2) is 65.1 Å². The summed E-state index contributed by atoms with van der Waals surface area (Å²) in [5.41, 5.74) is 3.00. The molecule has 0 radical (unpaired) electrons. The molecule has 2 aromatic carbocycles. The molecular formula is C19H12N2O5. The van der Waals surface area contributed by atoms with Crippen molar-refractivity contribution >= 4 is 11.9 Å². The Balaban J connectivity index is 1.67. The Morgan fingerprint density at radius 3 is 2.50 bits per heavy atom. The normalized spacial score (nSPS) is 10.1. The van der Waals surface area contributed by atoms with Crippen molar-refractivity contribution in [2.45, 2.75) is 6.61 Å². The predicted molar refractivity (Wildman–Crippen MR) is 91.1 cm³/mol. The zero-order valence-electron chi connectivity index (χ0n) is 13.4. The van der Waals surface area contributed by atoms with Gasteiger partial charge in [-0.3, -0.25) is 10.1 Å². The van der Waals surface area contributed by atoms with Gasteiger partial charge in [-0.15, -0.1) is 0 Å². The van der Waals surface area contributed by atoms with Crippen LogP contribution in [0.2, 0.25) is 0 Å². The first-order valence-electron chi connectivity index (χ1n) is 7.58. The molecule has 26 heavy (non-hydrogen) atoms. The minimum atomic E-state index is -0.781. The summed E-state index contributed by atoms with van der Waals surface area (Å²) in [6.45, 7) is -0.00644. The molecule has 0 unspecified atom stereocenters. The summed E-state index contributed by atoms with van der Waals surface area (Å²) in [6, 6.07) is 18.9. The lowest BCUT2D eigenvalue weighted by molar-refractivity contribution is -0.402. The summed E-state index contributed by atoms with van der Waals surface area (Å²) >= 11 is 0. The van der Waals surface area contributed by atoms with E-state index in [0.29, 0.717) is 5.56 Å². The van der Waals surface area contributed by atoms with Gasteiger partial charge >= 0.3 is 11.9 Å². The summed E-state index contributed by atoms with van der Waals surface area (Å²) in [6.07, 6.45) is 0. The first-order chi connectivity index (χ1) is 12.6. The van der Waals surface area contributed by atoms with Gasteiger partial charge in [0.1, 0.15) is 11.5 Å². The summed E-state index contributed by atoms with van der Waals surface area (Å²) in [4.78, 5) is 21.7. The van der Waals surface area contributed by atoms with Gasteiger partial charge in [0.15, 0.2) is 0 Å². The quantitative estimate of drug-likeness (QED) is 0.390. The number of carbonyl (C=O) groups excluding carboxylic acids is 1. The highest BCUT2D eigenvalue weighted by atomic mass is 16.7. The fourth-order valence-corrected chi connectivity index (χ4v) is 2.37. The van der Waals surface area contributed by atoms with Crippen molar-refractivity contribution in [3.63, 3.8) is 0 Å². The molecule has 0 aliphatic heterocycles. The minimum absolute atomic E-state index is 0.00644. The lowest BCUT2D eigenvalue weighted by atomic mass is 9.99. The zero-order valence-corrected chi connectivity index (χ0v) is 13.4. The van der Waals surface area contributed by atoms with E-state index in [-0.39, 0.29) is 12.4 Å². The SMILES string of the molecule is N#Cc1ccccc1-c1ccc(COC(=O)c2ccc([N+](=O)[O-])o2)cc1. The van der Waals surface area contributed by atoms with Gasteiger partial charge in [-0.05, 0) is 28.8 Å². The largest absolute Gasteiger partial charge is 0.455 e. The molecule has 1 aromatic heterocycles. The molecule has 128 valence electrons. The minimum Gasteiger partial charge on any atom is -0.455 e. The van der Waals surface area contributed by atoms with Gasteiger partial charge < -0.3 is 9.15 Å². The van der Waals surface area contributed by atoms with Crippen molar-refractivity contribution in [1.82, 2.24) is 0 Å². The highest BCUT2D eigenvalue weighted by molar-refractivity contribution is 5.86. The molecule has 0 aliphatic rings. The van der Waals surface area contributed by atoms with E-state index in [4.69, 9.17) is 14.4 Å². The molecule has 0 fully saturated rings. The second kappa shape index (κ2) is 7.32. The van der Waals surface area contributed by atoms with Crippen molar-refractivity contribution in [3.8, 4) is 17.2 Å². The Bertz CT molecular complexity index is 999. The number of esters is 1. The topological polar surface area (TPSA) is 106 Å². The standard InChI is InChI=1S/C19H12N2O5/c20-11-15-3-1-2-4-16(15)14-7-5-13(6-8-14)12-25-19(22)17-9-10-18(26-17)21(23)24/h1-10H,12H2. The predicted octanol–water partition coefficient (Wildman–Crippen LogP) is 4.08. The molecule has 0 spiro atoms. The van der Waals surface area contributed by atoms with Gasteiger partial charge in [-0.25, -0.2) is 4.79 Å². The highest BCUT2D eigenvalue weighted by Gasteiger charge is 2.18. The number of nitrogens with zero attached hydrogens (tertiary/aromatic N) is 2. The number of furan rings is 1. The molecule has 1 heterocycles. The van der Waals surface area contributed by atoms with Crippen LogP contribution < -0.4 is 0 Å². The Hall–Kier alpha value is -3.92. The van der Waals surface area contributed by atoms with Crippen LogP contribution in [0.4, 0.5) is 5.88 Å². The van der Waals surface area contributed by atoms with Crippen LogP contribution in [-0.4, -0.2) is 10.9 Å². The van der Waals surface area contributed by atoms with Crippen LogP contribution in [0.25, 0.3) is 11.1 Å². The second-order valence-electron chi connectivity index (χ2n) is 5.33. The molecule has 7 heteroatoms. The van der Waals surface area contributed by atoms with Crippen LogP contribution in [-0.2, 0) is 11.3 Å². The number of carbonyl (C=O) groups is 1. The second-order valence-corrected chi connectivity index (χ2v) is 5.33. The molecule has 0 amide bonds. The van der Waals surface area contributed by atoms with E-state index in [1.54, 1.807) is 24.3 Å². The molecule has 0 atom stereocenters. The first-order valence-corrected chi connectivity index (χ1v) is 7.58. The Morgan fingerprint density at radius 2 is 1.85 bits per heavy atom. The number of hydrogen-bond donors (Lipinski definition) is 0. The van der Waals surface area contributed by atoms with Gasteiger partial charge in [0, 0.05) is 0 Å². The van der Waals surface area contributed by atoms with Crippen molar-refractivity contribution in [2.75, 3.05) is 0 Å². The van der Waals surface area contributed by atoms with Gasteiger partial charge in [-0.1, -0.05) is 42.5 Å². The average molecular weight is 348 g/mol. The van der Waals surface area contributed by atoms with Crippen LogP contribution in [0.5, 0.6) is 0 Å². The number of ether oxygens (including phenoxy) is 1. The van der Waals surface area contributed by atoms with Crippen molar-refractivity contribution in [2.24, 2.45) is 0 Å². The first kappa shape index (κ1) is 16.9. The van der Waals surface area contributed by atoms with E-state index in [1.165, 1.54) is 6.07 Å². The zero-order chi connectivity index (χ0) is 18.5. The van der Waals surface area contributed by atoms with Crippen LogP contribution in [0.3, 0.4) is 0 Å². The summed E-state index contributed by atoms with van der Waals surface area (Å²) in [5.74, 6) is -1.52. The van der Waals surface area contributed by atoms with E-state index < -0.39 is 16.8 Å². The van der Waals surface area contributed by atoms with Crippen LogP contribution in [0.1, 0.15) is 21.7 Å². The highest BCUT2D eigenvalue weighted by Crippen LogP contribution is 2.24. The molecule has 0 bridgehead atoms. The summed E-state index contributed by atoms with van der Waals surface area (Å²) in [5, 5.41) is 19.7. The third-order valence-corrected chi connectivity index (χ3v) is 3.66. The lowest BCUT2D eigenvalue weighted by Gasteiger charge is -2.06. The fraction of sp³-hybridized carbons (Fsp3) is 0.0526. The maximum absolute atomic E-state index is 11.9. The lowest BCUT2D eigenvalue weighted by Crippen LogP contribution is -2.04. The maximum Gasteiger partial charge on any atom is 0.433 e. The molecule has 0 N–H and O–H groups in total. The van der Waals surface area contributed by atoms with Gasteiger partial charge in [0.2, 0.25) is 5.76 Å². The summed E-state index contributed by atoms with van der Waals surface area (Å²) < 4.78 is 9.88. The number of benzene rings is 2. The van der Waals surface area contributed by atoms with Gasteiger partial charge in [0.05, 0.1) is 17.7 Å². The van der Waals surface area contributed by atoms with E-state index >= 15 is 0 Å². The average Bonchev–Trinajstić information content (AvgIpc) is 3.17. The molecule has 3 aromatic rings. The van der Waals surface area contributed by atoms with E-state index in [1.807, 2.05) is 24.3 Å². The van der Waals surface area contributed by atoms with Crippen LogP contribution >= 0.6 is 0 Å². The van der Waals surface area contributed by atoms with E-state index in [2.05, 4.69) is 6.07 Å². The Labute approximate surface area is 148 Å². The maximum atomic E-state index is 11.9. The number of rotatable bonds is 5. The molecule has 0 saturated heterocycles. The van der Waals surface area contributed by atoms with Crippen molar-refractivity contribution in [3.05, 3.63) is 87.7 Å². The fourth-order valence-electron chi connectivity index (χ4n) is 2.37. The number of hydrogen-bond acceptors (Lipinski definition) is 6. The number of nitriles is 1. The molecule has 0 aliphatic carbocycles. The Morgan fingerprint density at radius 1 is 1.12 bits per heavy atom. The van der Waals surface area contributed by atoms with Crippen LogP contribution in [0, 0.1) is 21.4 Å². The molecule has 0 saturated carbocycles. The monoisotopic (exact) mass is 348 g/mol. The third kappa shape index (κ3) is 3.60. The van der Waals surface area contributed by atoms with Crippen molar-refractivity contribution < 1.29 is 18.9 Å². The van der Waals surface area contributed by atoms with E-state index in [9.17, 15) is 14.9 Å². The number of nitro groups is 1. The molecule has 3 rings (SSSR count). The third-order valence-electron chi connectivity index (χ3n) is 3.66. The smallest absolute Gasteiger partial charge is 0.433 e. The van der Waals surface area contributed by atoms with Crippen molar-refractivity contribution in [1.29, 1.82) is 5.26 Å². The summed E-state index contributed by atoms with van der Waals surface area (Å²) in [7, 11) is 0. The van der Waals surface area contributed by atoms with Gasteiger partial charge in [-0.2, -0.15) is 5.26 Å².